The van der Waals surface area contributed by atoms with E-state index in [2.05, 4.69) is 34.6 Å². The molecular weight excluding hydrogens is 156 g/mol. The third-order valence-corrected chi connectivity index (χ3v) is 1.89. The molecule has 11 heavy (non-hydrogen) atoms. The lowest BCUT2D eigenvalue weighted by molar-refractivity contribution is 0.236. The molecule has 0 aromatic carbocycles. The first kappa shape index (κ1) is 10.9. The molecule has 0 atom stereocenters. The summed E-state index contributed by atoms with van der Waals surface area (Å²) in [5.41, 5.74) is 0.00419. The molecule has 0 aliphatic carbocycles. The van der Waals surface area contributed by atoms with Crippen molar-refractivity contribution in [2.45, 2.75) is 34.6 Å². The van der Waals surface area contributed by atoms with Crippen LogP contribution >= 0.6 is 12.2 Å². The summed E-state index contributed by atoms with van der Waals surface area (Å²) in [6.07, 6.45) is 0. The zero-order valence-electron chi connectivity index (χ0n) is 8.10. The van der Waals surface area contributed by atoms with Crippen LogP contribution in [0.5, 0.6) is 0 Å². The van der Waals surface area contributed by atoms with E-state index in [1.165, 1.54) is 0 Å². The Kier molecular flexibility index (Phi) is 4.01. The van der Waals surface area contributed by atoms with Crippen LogP contribution in [0.15, 0.2) is 0 Å². The van der Waals surface area contributed by atoms with Gasteiger partial charge < -0.3 is 4.74 Å². The SMILES string of the molecule is CC(C)COC(=S)C(C)(C)C. The monoisotopic (exact) mass is 174 g/mol. The van der Waals surface area contributed by atoms with Crippen LogP contribution in [0.2, 0.25) is 0 Å². The van der Waals surface area contributed by atoms with Gasteiger partial charge in [-0.05, 0) is 18.1 Å². The first-order chi connectivity index (χ1) is 4.84. The van der Waals surface area contributed by atoms with Gasteiger partial charge in [-0.2, -0.15) is 0 Å². The van der Waals surface area contributed by atoms with E-state index in [1.807, 2.05) is 0 Å². The van der Waals surface area contributed by atoms with Gasteiger partial charge in [0.05, 0.1) is 6.61 Å². The number of thiocarbonyl (C=S) groups is 1. The standard InChI is InChI=1S/C9H18OS/c1-7(2)6-10-8(11)9(3,4)5/h7H,6H2,1-5H3. The molecule has 0 amide bonds. The highest BCUT2D eigenvalue weighted by Gasteiger charge is 2.18. The van der Waals surface area contributed by atoms with Gasteiger partial charge in [-0.25, -0.2) is 0 Å². The van der Waals surface area contributed by atoms with Gasteiger partial charge in [0.15, 0.2) is 5.05 Å². The highest BCUT2D eigenvalue weighted by molar-refractivity contribution is 7.80. The van der Waals surface area contributed by atoms with Crippen LogP contribution in [0.4, 0.5) is 0 Å². The predicted octanol–water partition coefficient (Wildman–Crippen LogP) is 3.03. The number of rotatable bonds is 2. The van der Waals surface area contributed by atoms with Crippen molar-refractivity contribution in [3.8, 4) is 0 Å². The topological polar surface area (TPSA) is 9.23 Å². The molecule has 0 N–H and O–H groups in total. The molecule has 1 nitrogen and oxygen atoms in total. The third-order valence-electron chi connectivity index (χ3n) is 1.16. The first-order valence-electron chi connectivity index (χ1n) is 4.01. The first-order valence-corrected chi connectivity index (χ1v) is 4.42. The Morgan fingerprint density at radius 2 is 1.82 bits per heavy atom. The minimum absolute atomic E-state index is 0.00419. The lowest BCUT2D eigenvalue weighted by atomic mass is 9.98. The molecule has 0 saturated heterocycles. The number of hydrogen-bond donors (Lipinski definition) is 0. The van der Waals surface area contributed by atoms with E-state index in [9.17, 15) is 0 Å². The second-order valence-electron chi connectivity index (χ2n) is 4.24. The molecule has 2 heteroatoms. The summed E-state index contributed by atoms with van der Waals surface area (Å²) in [6.45, 7) is 11.2. The highest BCUT2D eigenvalue weighted by atomic mass is 32.1. The molecule has 0 rings (SSSR count). The van der Waals surface area contributed by atoms with Crippen LogP contribution in [-0.2, 0) is 4.74 Å². The maximum Gasteiger partial charge on any atom is 0.165 e. The van der Waals surface area contributed by atoms with Gasteiger partial charge in [0.25, 0.3) is 0 Å². The largest absolute Gasteiger partial charge is 0.486 e. The molecule has 0 aromatic rings. The number of hydrogen-bond acceptors (Lipinski definition) is 2. The number of ether oxygens (including phenoxy) is 1. The molecule has 0 saturated carbocycles. The minimum atomic E-state index is 0.00419. The normalized spacial score (nSPS) is 11.8. The molecule has 0 aromatic heterocycles. The van der Waals surface area contributed by atoms with Gasteiger partial charge in [-0.3, -0.25) is 0 Å². The Labute approximate surface area is 75.1 Å². The minimum Gasteiger partial charge on any atom is -0.486 e. The zero-order valence-corrected chi connectivity index (χ0v) is 8.92. The van der Waals surface area contributed by atoms with Gasteiger partial charge in [0, 0.05) is 5.41 Å². The zero-order chi connectivity index (χ0) is 9.07. The van der Waals surface area contributed by atoms with Crippen LogP contribution in [0.3, 0.4) is 0 Å². The summed E-state index contributed by atoms with van der Waals surface area (Å²) in [7, 11) is 0. The highest BCUT2D eigenvalue weighted by Crippen LogP contribution is 2.17. The molecule has 0 bridgehead atoms. The quantitative estimate of drug-likeness (QED) is 0.595. The fourth-order valence-electron chi connectivity index (χ4n) is 0.459. The Bertz CT molecular complexity index is 133. The van der Waals surface area contributed by atoms with E-state index in [1.54, 1.807) is 0 Å². The van der Waals surface area contributed by atoms with E-state index in [-0.39, 0.29) is 5.41 Å². The summed E-state index contributed by atoms with van der Waals surface area (Å²) < 4.78 is 5.40. The Morgan fingerprint density at radius 1 is 1.36 bits per heavy atom. The van der Waals surface area contributed by atoms with Crippen molar-refractivity contribution in [2.24, 2.45) is 11.3 Å². The summed E-state index contributed by atoms with van der Waals surface area (Å²) in [4.78, 5) is 0. The third kappa shape index (κ3) is 5.19. The summed E-state index contributed by atoms with van der Waals surface area (Å²) >= 11 is 5.09. The van der Waals surface area contributed by atoms with Crippen molar-refractivity contribution in [3.63, 3.8) is 0 Å². The Balaban J connectivity index is 3.71. The van der Waals surface area contributed by atoms with Gasteiger partial charge in [0.1, 0.15) is 0 Å². The molecule has 0 aliphatic heterocycles. The van der Waals surface area contributed by atoms with Crippen molar-refractivity contribution in [1.29, 1.82) is 0 Å². The van der Waals surface area contributed by atoms with Crippen LogP contribution in [0, 0.1) is 11.3 Å². The maximum absolute atomic E-state index is 5.40. The second kappa shape index (κ2) is 4.05. The second-order valence-corrected chi connectivity index (χ2v) is 4.61. The van der Waals surface area contributed by atoms with E-state index < -0.39 is 0 Å². The Hall–Kier alpha value is -0.110. The van der Waals surface area contributed by atoms with E-state index in [0.717, 1.165) is 6.61 Å². The Morgan fingerprint density at radius 3 is 2.09 bits per heavy atom. The smallest absolute Gasteiger partial charge is 0.165 e. The van der Waals surface area contributed by atoms with E-state index in [0.29, 0.717) is 11.0 Å². The lowest BCUT2D eigenvalue weighted by Gasteiger charge is -2.20. The van der Waals surface area contributed by atoms with Crippen LogP contribution < -0.4 is 0 Å². The lowest BCUT2D eigenvalue weighted by Crippen LogP contribution is -2.22. The van der Waals surface area contributed by atoms with Crippen molar-refractivity contribution >= 4 is 17.3 Å². The predicted molar refractivity (Wildman–Crippen MR) is 52.8 cm³/mol. The molecule has 0 aliphatic rings. The fourth-order valence-corrected chi connectivity index (χ4v) is 0.527. The van der Waals surface area contributed by atoms with Crippen molar-refractivity contribution in [2.75, 3.05) is 6.61 Å². The summed E-state index contributed by atoms with van der Waals surface area (Å²) in [5.74, 6) is 0.551. The molecule has 0 unspecified atom stereocenters. The van der Waals surface area contributed by atoms with E-state index in [4.69, 9.17) is 17.0 Å². The molecule has 0 spiro atoms. The van der Waals surface area contributed by atoms with Gasteiger partial charge in [-0.15, -0.1) is 0 Å². The summed E-state index contributed by atoms with van der Waals surface area (Å²) in [6, 6.07) is 0. The molecule has 0 fully saturated rings. The van der Waals surface area contributed by atoms with Crippen molar-refractivity contribution in [1.82, 2.24) is 0 Å². The van der Waals surface area contributed by atoms with Gasteiger partial charge in [0.2, 0.25) is 0 Å². The van der Waals surface area contributed by atoms with Crippen LogP contribution in [0.1, 0.15) is 34.6 Å². The van der Waals surface area contributed by atoms with Crippen molar-refractivity contribution < 1.29 is 4.74 Å². The average molecular weight is 174 g/mol. The molecular formula is C9H18OS. The van der Waals surface area contributed by atoms with E-state index >= 15 is 0 Å². The summed E-state index contributed by atoms with van der Waals surface area (Å²) in [5, 5.41) is 0.714. The van der Waals surface area contributed by atoms with Gasteiger partial charge in [-0.1, -0.05) is 34.6 Å². The van der Waals surface area contributed by atoms with Crippen LogP contribution in [0.25, 0.3) is 0 Å². The van der Waals surface area contributed by atoms with Gasteiger partial charge >= 0.3 is 0 Å². The molecule has 0 heterocycles. The maximum atomic E-state index is 5.40. The molecule has 66 valence electrons. The average Bonchev–Trinajstić information content (AvgIpc) is 1.80. The fraction of sp³-hybridized carbons (Fsp3) is 0.889. The van der Waals surface area contributed by atoms with Crippen molar-refractivity contribution in [3.05, 3.63) is 0 Å². The van der Waals surface area contributed by atoms with Crippen LogP contribution in [-0.4, -0.2) is 11.7 Å². The molecule has 0 radical (unpaired) electrons.